The highest BCUT2D eigenvalue weighted by Crippen LogP contribution is 2.34. The molecule has 0 aromatic rings. The zero-order valence-electron chi connectivity index (χ0n) is 3.84. The van der Waals surface area contributed by atoms with Gasteiger partial charge in [-0.3, -0.25) is 4.57 Å². The Morgan fingerprint density at radius 1 is 1.67 bits per heavy atom. The normalized spacial score (nSPS) is 11.7. The lowest BCUT2D eigenvalue weighted by Crippen LogP contribution is -1.76. The van der Waals surface area contributed by atoms with Crippen molar-refractivity contribution in [3.63, 3.8) is 0 Å². The zero-order valence-corrected chi connectivity index (χ0v) is 5.89. The molecule has 0 rings (SSSR count). The molecule has 0 aromatic carbocycles. The maximum atomic E-state index is 10.3. The van der Waals surface area contributed by atoms with E-state index in [1.165, 1.54) is 0 Å². The first-order valence-corrected chi connectivity index (χ1v) is 4.49. The third kappa shape index (κ3) is 4.72. The summed E-state index contributed by atoms with van der Waals surface area (Å²) in [6.07, 6.45) is 0. The lowest BCUT2D eigenvalue weighted by molar-refractivity contribution is 0.515. The molecule has 0 aliphatic heterocycles. The molecule has 0 amide bonds. The van der Waals surface area contributed by atoms with Gasteiger partial charge in [0.15, 0.2) is 7.37 Å². The van der Waals surface area contributed by atoms with Crippen LogP contribution in [-0.2, 0) is 8.14 Å². The van der Waals surface area contributed by atoms with Crippen LogP contribution in [0.3, 0.4) is 0 Å². The van der Waals surface area contributed by atoms with Gasteiger partial charge in [0.2, 0.25) is 0 Å². The fourth-order valence-electron chi connectivity index (χ4n) is 0. The first-order valence-electron chi connectivity index (χ1n) is 1.50. The average Bonchev–Trinajstić information content (AvgIpc) is 1.35. The summed E-state index contributed by atoms with van der Waals surface area (Å²) in [5.41, 5.74) is 0. The predicted molar refractivity (Wildman–Crippen MR) is 26.3 cm³/mol. The third-order valence-electron chi connectivity index (χ3n) is 0.254. The molecule has 0 atom stereocenters. The summed E-state index contributed by atoms with van der Waals surface area (Å²) in [4.78, 5) is 0. The van der Waals surface area contributed by atoms with Crippen LogP contribution in [0, 0.1) is 0 Å². The summed E-state index contributed by atoms with van der Waals surface area (Å²) >= 11 is 1.96. The van der Waals surface area contributed by atoms with Crippen molar-refractivity contribution in [2.75, 3.05) is 13.3 Å². The highest BCUT2D eigenvalue weighted by atomic mass is 31.2. The summed E-state index contributed by atoms with van der Waals surface area (Å²) < 4.78 is 14.8. The fourth-order valence-corrected chi connectivity index (χ4v) is 0. The van der Waals surface area contributed by atoms with Crippen molar-refractivity contribution in [2.24, 2.45) is 0 Å². The summed E-state index contributed by atoms with van der Waals surface area (Å²) in [6, 6.07) is 0. The van der Waals surface area contributed by atoms with E-state index in [9.17, 15) is 4.57 Å². The third-order valence-corrected chi connectivity index (χ3v) is 2.28. The second-order valence-corrected chi connectivity index (χ2v) is 4.70. The highest BCUT2D eigenvalue weighted by Gasteiger charge is 1.97. The highest BCUT2D eigenvalue weighted by molar-refractivity contribution is 7.58. The van der Waals surface area contributed by atoms with E-state index in [2.05, 4.69) is 3.58 Å². The van der Waals surface area contributed by atoms with Crippen molar-refractivity contribution in [1.82, 2.24) is 0 Å². The maximum Gasteiger partial charge on any atom is 0.381 e. The van der Waals surface area contributed by atoms with Crippen LogP contribution >= 0.6 is 7.37 Å². The summed E-state index contributed by atoms with van der Waals surface area (Å²) in [5, 5.41) is 0. The molecule has 0 saturated heterocycles. The molecule has 0 unspecified atom stereocenters. The Balaban J connectivity index is 3.48. The molecule has 4 heteroatoms. The number of rotatable bonds is 1. The minimum absolute atomic E-state index is 1.56. The number of hydrogen-bond acceptors (Lipinski definition) is 2. The van der Waals surface area contributed by atoms with Crippen molar-refractivity contribution in [3.8, 4) is 0 Å². The maximum absolute atomic E-state index is 10.3. The molecule has 34 valence electrons. The summed E-state index contributed by atoms with van der Waals surface area (Å²) in [5.74, 6) is 0. The molecule has 0 saturated carbocycles. The van der Waals surface area contributed by atoms with E-state index in [4.69, 9.17) is 0 Å². The minimum atomic E-state index is -2.18. The van der Waals surface area contributed by atoms with Gasteiger partial charge >= 0.3 is 16.6 Å². The molecule has 2 nitrogen and oxygen atoms in total. The summed E-state index contributed by atoms with van der Waals surface area (Å²) in [7, 11) is -2.18. The van der Waals surface area contributed by atoms with Crippen molar-refractivity contribution < 1.29 is 8.14 Å². The van der Waals surface area contributed by atoms with Crippen molar-refractivity contribution in [2.45, 2.75) is 0 Å². The Kier molecular flexibility index (Phi) is 2.40. The Labute approximate surface area is 46.1 Å². The van der Waals surface area contributed by atoms with E-state index in [1.807, 2.05) is 16.6 Å². The van der Waals surface area contributed by atoms with Gasteiger partial charge in [0.1, 0.15) is 0 Å². The van der Waals surface area contributed by atoms with Crippen molar-refractivity contribution in [1.29, 1.82) is 0 Å². The molecule has 0 bridgehead atoms. The molecule has 0 aliphatic carbocycles. The van der Waals surface area contributed by atoms with Crippen molar-refractivity contribution >= 4 is 24.0 Å². The smallest absolute Gasteiger partial charge is 0.381 e. The molecular weight excluding hydrogens is 114 g/mol. The SMILES string of the molecule is CP(C)(=O)[O][Al]. The largest absolute Gasteiger partial charge is 0.474 e. The first kappa shape index (κ1) is 6.72. The lowest BCUT2D eigenvalue weighted by atomic mass is 11.9. The zero-order chi connectivity index (χ0) is 5.21. The lowest BCUT2D eigenvalue weighted by Gasteiger charge is -2.01. The van der Waals surface area contributed by atoms with E-state index in [-0.39, 0.29) is 0 Å². The van der Waals surface area contributed by atoms with E-state index < -0.39 is 7.37 Å². The van der Waals surface area contributed by atoms with Gasteiger partial charge in [-0.2, -0.15) is 0 Å². The van der Waals surface area contributed by atoms with Crippen molar-refractivity contribution in [3.05, 3.63) is 0 Å². The standard InChI is InChI=1S/C2H7O2P.Al/c1-5(2,3)4;/h1-2H3,(H,3,4);/q;+1/p-1. The van der Waals surface area contributed by atoms with Gasteiger partial charge in [-0.05, 0) is 0 Å². The van der Waals surface area contributed by atoms with Gasteiger partial charge in [0, 0.05) is 13.3 Å². The molecule has 0 N–H and O–H groups in total. The van der Waals surface area contributed by atoms with Gasteiger partial charge in [0.05, 0.1) is 0 Å². The molecular formula is C2H6AlO2P. The van der Waals surface area contributed by atoms with Crippen LogP contribution in [0.25, 0.3) is 0 Å². The molecule has 0 spiro atoms. The van der Waals surface area contributed by atoms with Gasteiger partial charge in [-0.15, -0.1) is 0 Å². The second kappa shape index (κ2) is 2.14. The van der Waals surface area contributed by atoms with Crippen LogP contribution < -0.4 is 0 Å². The van der Waals surface area contributed by atoms with Gasteiger partial charge in [-0.25, -0.2) is 0 Å². The average molecular weight is 120 g/mol. The van der Waals surface area contributed by atoms with Gasteiger partial charge in [-0.1, -0.05) is 0 Å². The quantitative estimate of drug-likeness (QED) is 0.374. The Bertz CT molecular complexity index is 75.6. The van der Waals surface area contributed by atoms with Crippen LogP contribution in [0.5, 0.6) is 0 Å². The summed E-state index contributed by atoms with van der Waals surface area (Å²) in [6.45, 7) is 3.11. The molecule has 0 fully saturated rings. The van der Waals surface area contributed by atoms with Crippen LogP contribution in [0.4, 0.5) is 0 Å². The monoisotopic (exact) mass is 120 g/mol. The molecule has 0 heterocycles. The van der Waals surface area contributed by atoms with Gasteiger partial charge in [0.25, 0.3) is 0 Å². The van der Waals surface area contributed by atoms with Crippen LogP contribution in [-0.4, -0.2) is 30.0 Å². The molecule has 0 aromatic heterocycles. The molecule has 0 aliphatic rings. The van der Waals surface area contributed by atoms with Crippen LogP contribution in [0.15, 0.2) is 0 Å². The van der Waals surface area contributed by atoms with Gasteiger partial charge < -0.3 is 3.58 Å². The topological polar surface area (TPSA) is 26.3 Å². The minimum Gasteiger partial charge on any atom is -0.474 e. The second-order valence-electron chi connectivity index (χ2n) is 1.36. The molecule has 6 heavy (non-hydrogen) atoms. The van der Waals surface area contributed by atoms with E-state index in [0.29, 0.717) is 0 Å². The Morgan fingerprint density at radius 2 is 1.83 bits per heavy atom. The van der Waals surface area contributed by atoms with E-state index in [0.717, 1.165) is 0 Å². The Morgan fingerprint density at radius 3 is 1.83 bits per heavy atom. The molecule has 2 radical (unpaired) electrons. The predicted octanol–water partition coefficient (Wildman–Crippen LogP) is 0.624. The first-order chi connectivity index (χ1) is 2.56. The van der Waals surface area contributed by atoms with Crippen LogP contribution in [0.1, 0.15) is 0 Å². The Hall–Kier alpha value is 0.722. The van der Waals surface area contributed by atoms with E-state index in [1.54, 1.807) is 13.3 Å². The fraction of sp³-hybridized carbons (Fsp3) is 1.00. The van der Waals surface area contributed by atoms with E-state index >= 15 is 0 Å². The van der Waals surface area contributed by atoms with Crippen LogP contribution in [0.2, 0.25) is 0 Å². The number of hydrogen-bond donors (Lipinski definition) is 0.